The molecule has 0 radical (unpaired) electrons. The second kappa shape index (κ2) is 6.08. The molecule has 2 aromatic carbocycles. The van der Waals surface area contributed by atoms with Crippen LogP contribution in [0.3, 0.4) is 0 Å². The van der Waals surface area contributed by atoms with Crippen LogP contribution in [0.15, 0.2) is 55.1 Å². The lowest BCUT2D eigenvalue weighted by molar-refractivity contribution is -0.137. The van der Waals surface area contributed by atoms with E-state index in [9.17, 15) is 13.2 Å². The molecule has 0 saturated carbocycles. The van der Waals surface area contributed by atoms with Crippen LogP contribution in [0, 0.1) is 6.92 Å². The Bertz CT molecular complexity index is 1150. The molecule has 4 aromatic rings. The van der Waals surface area contributed by atoms with Crippen LogP contribution in [0.4, 0.5) is 18.9 Å². The third-order valence-electron chi connectivity index (χ3n) is 4.12. The topological polar surface area (TPSA) is 69.6 Å². The summed E-state index contributed by atoms with van der Waals surface area (Å²) in [6.45, 7) is 1.77. The highest BCUT2D eigenvalue weighted by Gasteiger charge is 2.31. The Morgan fingerprint density at radius 2 is 1.85 bits per heavy atom. The number of nitrogens with zero attached hydrogens (tertiary/aromatic N) is 4. The molecule has 0 aliphatic heterocycles. The van der Waals surface area contributed by atoms with E-state index in [0.29, 0.717) is 22.6 Å². The summed E-state index contributed by atoms with van der Waals surface area (Å²) in [6, 6.07) is 8.86. The summed E-state index contributed by atoms with van der Waals surface area (Å²) in [5.41, 5.74) is 7.37. The highest BCUT2D eigenvalue weighted by Crippen LogP contribution is 2.34. The number of alkyl halides is 3. The monoisotopic (exact) mass is 369 g/mol. The second-order valence-corrected chi connectivity index (χ2v) is 6.20. The van der Waals surface area contributed by atoms with Crippen molar-refractivity contribution in [1.29, 1.82) is 0 Å². The van der Waals surface area contributed by atoms with Crippen molar-refractivity contribution in [3.05, 3.63) is 66.4 Å². The summed E-state index contributed by atoms with van der Waals surface area (Å²) in [5, 5.41) is 0.755. The number of halogens is 3. The molecule has 2 aromatic heterocycles. The van der Waals surface area contributed by atoms with Crippen LogP contribution in [0.25, 0.3) is 28.0 Å². The van der Waals surface area contributed by atoms with E-state index in [-0.39, 0.29) is 11.4 Å². The van der Waals surface area contributed by atoms with Gasteiger partial charge in [0.2, 0.25) is 0 Å². The number of fused-ring (bicyclic) bond motifs is 1. The summed E-state index contributed by atoms with van der Waals surface area (Å²) in [6.07, 6.45) is 0.192. The third-order valence-corrected chi connectivity index (χ3v) is 4.12. The molecule has 8 heteroatoms. The van der Waals surface area contributed by atoms with Crippen molar-refractivity contribution in [3.8, 4) is 17.1 Å². The molecule has 0 unspecified atom stereocenters. The van der Waals surface area contributed by atoms with Crippen LogP contribution in [0.2, 0.25) is 0 Å². The highest BCUT2D eigenvalue weighted by atomic mass is 19.4. The number of anilines is 1. The zero-order valence-corrected chi connectivity index (χ0v) is 14.2. The molecule has 27 heavy (non-hydrogen) atoms. The van der Waals surface area contributed by atoms with Gasteiger partial charge >= 0.3 is 6.18 Å². The van der Waals surface area contributed by atoms with E-state index in [1.165, 1.54) is 10.9 Å². The van der Waals surface area contributed by atoms with E-state index >= 15 is 0 Å². The number of imidazole rings is 1. The largest absolute Gasteiger partial charge is 0.416 e. The zero-order valence-electron chi connectivity index (χ0n) is 14.2. The van der Waals surface area contributed by atoms with E-state index < -0.39 is 11.7 Å². The smallest absolute Gasteiger partial charge is 0.399 e. The fraction of sp³-hybridized carbons (Fsp3) is 0.105. The predicted molar refractivity (Wildman–Crippen MR) is 96.2 cm³/mol. The minimum atomic E-state index is -4.50. The number of rotatable bonds is 2. The van der Waals surface area contributed by atoms with E-state index in [4.69, 9.17) is 5.73 Å². The standard InChI is InChI=1S/C19H14F3N5/c1-11-9-27(10-25-11)16-5-13(4-14(6-16)19(20,21)22)18-24-8-12-2-3-15(23)7-17(12)26-18/h2-10H,23H2,1H3. The molecule has 0 aliphatic carbocycles. The van der Waals surface area contributed by atoms with Crippen molar-refractivity contribution in [2.75, 3.05) is 5.73 Å². The van der Waals surface area contributed by atoms with E-state index in [1.54, 1.807) is 43.6 Å². The molecule has 2 N–H and O–H groups in total. The van der Waals surface area contributed by atoms with Crippen LogP contribution in [-0.2, 0) is 6.18 Å². The van der Waals surface area contributed by atoms with Gasteiger partial charge in [-0.2, -0.15) is 13.2 Å². The third kappa shape index (κ3) is 3.33. The van der Waals surface area contributed by atoms with Crippen molar-refractivity contribution in [2.24, 2.45) is 0 Å². The van der Waals surface area contributed by atoms with Crippen LogP contribution in [0.1, 0.15) is 11.3 Å². The minimum absolute atomic E-state index is 0.192. The molecule has 0 saturated heterocycles. The normalized spacial score (nSPS) is 11.9. The second-order valence-electron chi connectivity index (χ2n) is 6.20. The quantitative estimate of drug-likeness (QED) is 0.532. The Morgan fingerprint density at radius 1 is 1.04 bits per heavy atom. The van der Waals surface area contributed by atoms with Gasteiger partial charge in [0.05, 0.1) is 23.1 Å². The van der Waals surface area contributed by atoms with Crippen LogP contribution >= 0.6 is 0 Å². The molecular formula is C19H14F3N5. The van der Waals surface area contributed by atoms with E-state index in [1.807, 2.05) is 0 Å². The lowest BCUT2D eigenvalue weighted by Crippen LogP contribution is -2.07. The minimum Gasteiger partial charge on any atom is -0.399 e. The van der Waals surface area contributed by atoms with Crippen molar-refractivity contribution < 1.29 is 13.2 Å². The van der Waals surface area contributed by atoms with E-state index in [0.717, 1.165) is 17.5 Å². The lowest BCUT2D eigenvalue weighted by atomic mass is 10.1. The first kappa shape index (κ1) is 17.0. The van der Waals surface area contributed by atoms with Gasteiger partial charge in [0, 0.05) is 34.7 Å². The first-order chi connectivity index (χ1) is 12.8. The molecule has 4 rings (SSSR count). The van der Waals surface area contributed by atoms with Gasteiger partial charge in [0.1, 0.15) is 0 Å². The number of nitrogen functional groups attached to an aromatic ring is 1. The average Bonchev–Trinajstić information content (AvgIpc) is 3.06. The SMILES string of the molecule is Cc1cn(-c2cc(-c3ncc4ccc(N)cc4n3)cc(C(F)(F)F)c2)cn1. The maximum absolute atomic E-state index is 13.4. The Labute approximate surface area is 152 Å². The van der Waals surface area contributed by atoms with E-state index in [2.05, 4.69) is 15.0 Å². The molecular weight excluding hydrogens is 355 g/mol. The predicted octanol–water partition coefficient (Wildman–Crippen LogP) is 4.39. The van der Waals surface area contributed by atoms with Crippen molar-refractivity contribution in [1.82, 2.24) is 19.5 Å². The average molecular weight is 369 g/mol. The fourth-order valence-electron chi connectivity index (χ4n) is 2.79. The summed E-state index contributed by atoms with van der Waals surface area (Å²) >= 11 is 0. The molecule has 5 nitrogen and oxygen atoms in total. The van der Waals surface area contributed by atoms with Gasteiger partial charge in [-0.1, -0.05) is 0 Å². The Kier molecular flexibility index (Phi) is 3.83. The molecule has 136 valence electrons. The van der Waals surface area contributed by atoms with Gasteiger partial charge < -0.3 is 10.3 Å². The van der Waals surface area contributed by atoms with Crippen molar-refractivity contribution in [2.45, 2.75) is 13.1 Å². The Balaban J connectivity index is 1.91. The first-order valence-corrected chi connectivity index (χ1v) is 8.05. The van der Waals surface area contributed by atoms with Gasteiger partial charge in [-0.05, 0) is 43.3 Å². The van der Waals surface area contributed by atoms with Crippen LogP contribution < -0.4 is 5.73 Å². The summed E-state index contributed by atoms with van der Waals surface area (Å²) in [4.78, 5) is 12.7. The number of benzene rings is 2. The van der Waals surface area contributed by atoms with Crippen molar-refractivity contribution in [3.63, 3.8) is 0 Å². The van der Waals surface area contributed by atoms with Crippen LogP contribution in [0.5, 0.6) is 0 Å². The molecule has 0 spiro atoms. The van der Waals surface area contributed by atoms with Crippen molar-refractivity contribution >= 4 is 16.6 Å². The van der Waals surface area contributed by atoms with Gasteiger partial charge in [-0.15, -0.1) is 0 Å². The first-order valence-electron chi connectivity index (χ1n) is 8.05. The maximum Gasteiger partial charge on any atom is 0.416 e. The Hall–Kier alpha value is -3.42. The van der Waals surface area contributed by atoms with Gasteiger partial charge in [-0.25, -0.2) is 15.0 Å². The molecule has 0 aliphatic rings. The van der Waals surface area contributed by atoms with Gasteiger partial charge in [-0.3, -0.25) is 0 Å². The highest BCUT2D eigenvalue weighted by molar-refractivity contribution is 5.82. The molecule has 0 amide bonds. The summed E-state index contributed by atoms with van der Waals surface area (Å²) < 4.78 is 41.8. The van der Waals surface area contributed by atoms with Gasteiger partial charge in [0.25, 0.3) is 0 Å². The Morgan fingerprint density at radius 3 is 2.56 bits per heavy atom. The summed E-state index contributed by atoms with van der Waals surface area (Å²) in [7, 11) is 0. The molecule has 0 bridgehead atoms. The molecule has 2 heterocycles. The van der Waals surface area contributed by atoms with Crippen LogP contribution in [-0.4, -0.2) is 19.5 Å². The number of hydrogen-bond acceptors (Lipinski definition) is 4. The number of aromatic nitrogens is 4. The lowest BCUT2D eigenvalue weighted by Gasteiger charge is -2.12. The number of hydrogen-bond donors (Lipinski definition) is 1. The molecule has 0 atom stereocenters. The number of nitrogens with two attached hydrogens (primary N) is 1. The fourth-order valence-corrected chi connectivity index (χ4v) is 2.79. The maximum atomic E-state index is 13.4. The molecule has 0 fully saturated rings. The summed E-state index contributed by atoms with van der Waals surface area (Å²) in [5.74, 6) is 0.192. The number of aryl methyl sites for hydroxylation is 1. The van der Waals surface area contributed by atoms with Gasteiger partial charge in [0.15, 0.2) is 5.82 Å². The zero-order chi connectivity index (χ0) is 19.2.